The van der Waals surface area contributed by atoms with E-state index in [0.717, 1.165) is 6.42 Å². The molecular weight excluding hydrogens is 174 g/mol. The molecule has 0 heterocycles. The summed E-state index contributed by atoms with van der Waals surface area (Å²) < 4.78 is 0. The Balaban J connectivity index is 2.23. The zero-order valence-electron chi connectivity index (χ0n) is 9.26. The quantitative estimate of drug-likeness (QED) is 0.727. The van der Waals surface area contributed by atoms with Gasteiger partial charge in [0.25, 0.3) is 0 Å². The van der Waals surface area contributed by atoms with Crippen molar-refractivity contribution in [2.75, 3.05) is 6.61 Å². The van der Waals surface area contributed by atoms with Gasteiger partial charge < -0.3 is 10.8 Å². The van der Waals surface area contributed by atoms with Gasteiger partial charge in [-0.1, -0.05) is 12.8 Å². The van der Waals surface area contributed by atoms with Crippen LogP contribution >= 0.6 is 0 Å². The van der Waals surface area contributed by atoms with E-state index in [1.807, 2.05) is 0 Å². The Morgan fingerprint density at radius 2 is 1.79 bits per heavy atom. The highest BCUT2D eigenvalue weighted by atomic mass is 16.3. The fourth-order valence-corrected chi connectivity index (χ4v) is 4.14. The van der Waals surface area contributed by atoms with Crippen molar-refractivity contribution in [3.8, 4) is 0 Å². The van der Waals surface area contributed by atoms with Gasteiger partial charge in [-0.3, -0.25) is 0 Å². The van der Waals surface area contributed by atoms with Crippen LogP contribution in [-0.2, 0) is 0 Å². The van der Waals surface area contributed by atoms with Crippen LogP contribution in [0.25, 0.3) is 0 Å². The summed E-state index contributed by atoms with van der Waals surface area (Å²) in [6.07, 6.45) is 8.93. The molecule has 0 bridgehead atoms. The van der Waals surface area contributed by atoms with Crippen LogP contribution in [0.4, 0.5) is 0 Å². The van der Waals surface area contributed by atoms with Crippen LogP contribution in [0, 0.1) is 10.8 Å². The van der Waals surface area contributed by atoms with E-state index in [2.05, 4.69) is 6.92 Å². The molecule has 2 nitrogen and oxygen atoms in total. The maximum Gasteiger partial charge on any atom is 0.0437 e. The molecule has 2 fully saturated rings. The molecule has 1 spiro atoms. The summed E-state index contributed by atoms with van der Waals surface area (Å²) in [7, 11) is 0. The Morgan fingerprint density at radius 1 is 1.21 bits per heavy atom. The summed E-state index contributed by atoms with van der Waals surface area (Å²) in [6.45, 7) is 2.45. The number of aliphatic hydroxyl groups is 1. The lowest BCUT2D eigenvalue weighted by atomic mass is 9.51. The molecule has 0 saturated heterocycles. The Kier molecular flexibility index (Phi) is 2.61. The van der Waals surface area contributed by atoms with Crippen LogP contribution < -0.4 is 5.73 Å². The molecule has 0 aliphatic heterocycles. The second kappa shape index (κ2) is 3.49. The van der Waals surface area contributed by atoms with Gasteiger partial charge in [-0.25, -0.2) is 0 Å². The summed E-state index contributed by atoms with van der Waals surface area (Å²) >= 11 is 0. The molecule has 0 radical (unpaired) electrons. The summed E-state index contributed by atoms with van der Waals surface area (Å²) in [6, 6.07) is 0.248. The van der Waals surface area contributed by atoms with E-state index in [4.69, 9.17) is 5.73 Å². The zero-order chi connectivity index (χ0) is 10.2. The molecule has 2 unspecified atom stereocenters. The van der Waals surface area contributed by atoms with Crippen LogP contribution in [0.15, 0.2) is 0 Å². The van der Waals surface area contributed by atoms with Gasteiger partial charge in [-0.2, -0.15) is 0 Å². The van der Waals surface area contributed by atoms with Crippen molar-refractivity contribution in [1.82, 2.24) is 0 Å². The first kappa shape index (κ1) is 10.4. The summed E-state index contributed by atoms with van der Waals surface area (Å²) in [5.41, 5.74) is 6.97. The fourth-order valence-electron chi connectivity index (χ4n) is 4.14. The number of nitrogens with two attached hydrogens (primary N) is 1. The first-order chi connectivity index (χ1) is 6.67. The molecule has 2 aliphatic rings. The molecule has 3 N–H and O–H groups in total. The molecule has 82 valence electrons. The molecule has 2 rings (SSSR count). The van der Waals surface area contributed by atoms with Crippen molar-refractivity contribution in [3.05, 3.63) is 0 Å². The second-order valence-electron chi connectivity index (χ2n) is 5.41. The van der Waals surface area contributed by atoms with Gasteiger partial charge in [-0.15, -0.1) is 0 Å². The lowest BCUT2D eigenvalue weighted by Gasteiger charge is -2.54. The molecule has 0 aromatic heterocycles. The van der Waals surface area contributed by atoms with E-state index in [1.165, 1.54) is 38.5 Å². The van der Waals surface area contributed by atoms with Crippen molar-refractivity contribution in [3.63, 3.8) is 0 Å². The van der Waals surface area contributed by atoms with Crippen LogP contribution in [-0.4, -0.2) is 17.8 Å². The fraction of sp³-hybridized carbons (Fsp3) is 1.00. The number of hydrogen-bond acceptors (Lipinski definition) is 2. The third-order valence-corrected chi connectivity index (χ3v) is 5.07. The van der Waals surface area contributed by atoms with E-state index < -0.39 is 0 Å². The highest BCUT2D eigenvalue weighted by Gasteiger charge is 2.58. The van der Waals surface area contributed by atoms with E-state index >= 15 is 0 Å². The summed E-state index contributed by atoms with van der Waals surface area (Å²) in [5, 5.41) is 9.24. The van der Waals surface area contributed by atoms with Crippen molar-refractivity contribution >= 4 is 0 Å². The van der Waals surface area contributed by atoms with Gasteiger partial charge >= 0.3 is 0 Å². The Hall–Kier alpha value is -0.0800. The van der Waals surface area contributed by atoms with Crippen molar-refractivity contribution in [1.29, 1.82) is 0 Å². The molecule has 2 saturated carbocycles. The van der Waals surface area contributed by atoms with Crippen molar-refractivity contribution < 1.29 is 5.11 Å². The minimum atomic E-state index is 0.248. The predicted octanol–water partition coefficient (Wildman–Crippen LogP) is 2.06. The van der Waals surface area contributed by atoms with Gasteiger partial charge in [0.05, 0.1) is 0 Å². The maximum absolute atomic E-state index is 9.24. The van der Waals surface area contributed by atoms with Gasteiger partial charge in [0, 0.05) is 12.6 Å². The number of aliphatic hydroxyl groups excluding tert-OH is 1. The zero-order valence-corrected chi connectivity index (χ0v) is 9.26. The smallest absolute Gasteiger partial charge is 0.0437 e. The topological polar surface area (TPSA) is 46.2 Å². The molecule has 2 aliphatic carbocycles. The maximum atomic E-state index is 9.24. The first-order valence-electron chi connectivity index (χ1n) is 6.03. The molecule has 2 atom stereocenters. The standard InChI is InChI=1S/C12H23NO/c1-10(13)12(8-9-14)7-3-6-11(12)4-2-5-11/h10,14H,2-9,13H2,1H3. The normalized spacial score (nSPS) is 37.1. The summed E-state index contributed by atoms with van der Waals surface area (Å²) in [4.78, 5) is 0. The Bertz CT molecular complexity index is 210. The Labute approximate surface area is 86.9 Å². The molecule has 0 aromatic rings. The molecule has 14 heavy (non-hydrogen) atoms. The SMILES string of the molecule is CC(N)C1(CCO)CCCC12CCC2. The predicted molar refractivity (Wildman–Crippen MR) is 57.9 cm³/mol. The monoisotopic (exact) mass is 197 g/mol. The van der Waals surface area contributed by atoms with E-state index in [1.54, 1.807) is 0 Å². The van der Waals surface area contributed by atoms with E-state index in [0.29, 0.717) is 12.0 Å². The van der Waals surface area contributed by atoms with Crippen LogP contribution in [0.2, 0.25) is 0 Å². The second-order valence-corrected chi connectivity index (χ2v) is 5.41. The van der Waals surface area contributed by atoms with Gasteiger partial charge in [-0.05, 0) is 49.9 Å². The van der Waals surface area contributed by atoms with E-state index in [-0.39, 0.29) is 11.5 Å². The minimum absolute atomic E-state index is 0.248. The lowest BCUT2D eigenvalue weighted by Crippen LogP contribution is -2.52. The highest BCUT2D eigenvalue weighted by Crippen LogP contribution is 2.65. The van der Waals surface area contributed by atoms with Gasteiger partial charge in [0.15, 0.2) is 0 Å². The van der Waals surface area contributed by atoms with Crippen molar-refractivity contribution in [2.24, 2.45) is 16.6 Å². The average molecular weight is 197 g/mol. The third kappa shape index (κ3) is 1.17. The van der Waals surface area contributed by atoms with Crippen molar-refractivity contribution in [2.45, 2.75) is 57.9 Å². The largest absolute Gasteiger partial charge is 0.396 e. The molecular formula is C12H23NO. The van der Waals surface area contributed by atoms with Crippen LogP contribution in [0.1, 0.15) is 51.9 Å². The van der Waals surface area contributed by atoms with Gasteiger partial charge in [0.1, 0.15) is 0 Å². The Morgan fingerprint density at radius 3 is 2.21 bits per heavy atom. The summed E-state index contributed by atoms with van der Waals surface area (Å²) in [5.74, 6) is 0. The highest BCUT2D eigenvalue weighted by molar-refractivity contribution is 5.09. The van der Waals surface area contributed by atoms with Crippen LogP contribution in [0.5, 0.6) is 0 Å². The molecule has 0 amide bonds. The molecule has 2 heteroatoms. The molecule has 0 aromatic carbocycles. The van der Waals surface area contributed by atoms with Gasteiger partial charge in [0.2, 0.25) is 0 Å². The number of hydrogen-bond donors (Lipinski definition) is 2. The minimum Gasteiger partial charge on any atom is -0.396 e. The van der Waals surface area contributed by atoms with Crippen LogP contribution in [0.3, 0.4) is 0 Å². The third-order valence-electron chi connectivity index (χ3n) is 5.07. The lowest BCUT2D eigenvalue weighted by molar-refractivity contribution is -0.0421. The first-order valence-corrected chi connectivity index (χ1v) is 6.03. The average Bonchev–Trinajstić information content (AvgIpc) is 2.44. The number of rotatable bonds is 3. The van der Waals surface area contributed by atoms with E-state index in [9.17, 15) is 5.11 Å².